The molecule has 0 radical (unpaired) electrons. The summed E-state index contributed by atoms with van der Waals surface area (Å²) in [6.45, 7) is 5.41. The van der Waals surface area contributed by atoms with E-state index in [1.54, 1.807) is 0 Å². The molecule has 1 rings (SSSR count). The van der Waals surface area contributed by atoms with Gasteiger partial charge in [-0.25, -0.2) is 0 Å². The Morgan fingerprint density at radius 1 is 1.35 bits per heavy atom. The maximum absolute atomic E-state index is 5.88. The highest BCUT2D eigenvalue weighted by molar-refractivity contribution is 9.10. The minimum Gasteiger partial charge on any atom is -0.491 e. The van der Waals surface area contributed by atoms with Gasteiger partial charge in [0.2, 0.25) is 0 Å². The summed E-state index contributed by atoms with van der Waals surface area (Å²) in [6.07, 6.45) is 0. The number of hydrogen-bond acceptors (Lipinski definition) is 3. The lowest BCUT2D eigenvalue weighted by molar-refractivity contribution is 0.113. The Kier molecular flexibility index (Phi) is 4.98. The number of ether oxygens (including phenoxy) is 1. The second kappa shape index (κ2) is 5.85. The van der Waals surface area contributed by atoms with Gasteiger partial charge in [0.25, 0.3) is 0 Å². The van der Waals surface area contributed by atoms with Gasteiger partial charge in [-0.05, 0) is 40.1 Å². The van der Waals surface area contributed by atoms with Crippen LogP contribution in [0.2, 0.25) is 0 Å². The third-order valence-electron chi connectivity index (χ3n) is 3.04. The summed E-state index contributed by atoms with van der Waals surface area (Å²) in [4.78, 5) is 2.15. The molecule has 0 atom stereocenters. The van der Waals surface area contributed by atoms with Crippen LogP contribution in [0.25, 0.3) is 0 Å². The van der Waals surface area contributed by atoms with Gasteiger partial charge >= 0.3 is 0 Å². The molecule has 1 aromatic rings. The van der Waals surface area contributed by atoms with Gasteiger partial charge in [0.15, 0.2) is 0 Å². The quantitative estimate of drug-likeness (QED) is 0.908. The van der Waals surface area contributed by atoms with Gasteiger partial charge < -0.3 is 15.4 Å². The number of nitrogens with zero attached hydrogens (tertiary/aromatic N) is 1. The number of halogens is 1. The molecule has 0 fully saturated rings. The van der Waals surface area contributed by atoms with E-state index in [9.17, 15) is 0 Å². The largest absolute Gasteiger partial charge is 0.491 e. The first-order chi connectivity index (χ1) is 7.86. The van der Waals surface area contributed by atoms with E-state index in [2.05, 4.69) is 34.7 Å². The van der Waals surface area contributed by atoms with Crippen LogP contribution in [0.15, 0.2) is 22.7 Å². The lowest BCUT2D eigenvalue weighted by Crippen LogP contribution is -2.43. The molecule has 0 bridgehead atoms. The second-order valence-electron chi connectivity index (χ2n) is 4.95. The minimum absolute atomic E-state index is 0.00577. The van der Waals surface area contributed by atoms with Crippen LogP contribution in [0, 0.1) is 0 Å². The molecule has 0 aromatic heterocycles. The van der Waals surface area contributed by atoms with Gasteiger partial charge in [0.05, 0.1) is 0 Å². The van der Waals surface area contributed by atoms with Gasteiger partial charge in [0.1, 0.15) is 12.4 Å². The molecular weight excluding hydrogens is 280 g/mol. The normalized spacial score (nSPS) is 11.9. The van der Waals surface area contributed by atoms with E-state index >= 15 is 0 Å². The Hall–Kier alpha value is -0.580. The molecular formula is C13H21BrN2O. The number of hydrogen-bond donors (Lipinski definition) is 1. The van der Waals surface area contributed by atoms with Crippen molar-refractivity contribution in [1.82, 2.24) is 4.90 Å². The first-order valence-electron chi connectivity index (χ1n) is 5.65. The van der Waals surface area contributed by atoms with Crippen LogP contribution >= 0.6 is 15.9 Å². The first kappa shape index (κ1) is 14.5. The third-order valence-corrected chi connectivity index (χ3v) is 3.53. The fourth-order valence-corrected chi connectivity index (χ4v) is 1.55. The van der Waals surface area contributed by atoms with E-state index < -0.39 is 0 Å². The van der Waals surface area contributed by atoms with E-state index in [-0.39, 0.29) is 5.54 Å². The summed E-state index contributed by atoms with van der Waals surface area (Å²) in [7, 11) is 4.10. The molecule has 0 saturated heterocycles. The molecule has 3 nitrogen and oxygen atoms in total. The van der Waals surface area contributed by atoms with Crippen LogP contribution < -0.4 is 10.5 Å². The van der Waals surface area contributed by atoms with Crippen LogP contribution in [0.3, 0.4) is 0 Å². The molecule has 0 aliphatic heterocycles. The molecule has 2 N–H and O–H groups in total. The lowest BCUT2D eigenvalue weighted by atomic mass is 10.1. The maximum atomic E-state index is 5.88. The molecule has 0 amide bonds. The second-order valence-corrected chi connectivity index (χ2v) is 5.87. The summed E-state index contributed by atoms with van der Waals surface area (Å²) in [6, 6.07) is 5.93. The molecule has 1 aromatic carbocycles. The zero-order valence-corrected chi connectivity index (χ0v) is 12.5. The highest BCUT2D eigenvalue weighted by atomic mass is 79.9. The average molecular weight is 301 g/mol. The van der Waals surface area contributed by atoms with E-state index in [4.69, 9.17) is 10.5 Å². The highest BCUT2D eigenvalue weighted by Gasteiger charge is 2.21. The Labute approximate surface area is 112 Å². The van der Waals surface area contributed by atoms with E-state index in [1.807, 2.05) is 32.3 Å². The van der Waals surface area contributed by atoms with Gasteiger partial charge in [-0.2, -0.15) is 0 Å². The Bertz CT molecular complexity index is 378. The van der Waals surface area contributed by atoms with Crippen LogP contribution in [0.4, 0.5) is 0 Å². The van der Waals surface area contributed by atoms with Crippen molar-refractivity contribution >= 4 is 15.9 Å². The average Bonchev–Trinajstić information content (AvgIpc) is 2.26. The Balaban J connectivity index is 2.78. The highest BCUT2D eigenvalue weighted by Crippen LogP contribution is 2.24. The van der Waals surface area contributed by atoms with Crippen molar-refractivity contribution in [3.8, 4) is 5.75 Å². The van der Waals surface area contributed by atoms with Crippen molar-refractivity contribution in [2.75, 3.05) is 20.7 Å². The molecule has 4 heteroatoms. The molecule has 0 spiro atoms. The third kappa shape index (κ3) is 3.98. The standard InChI is InChI=1S/C13H21BrN2O/c1-13(2,16(3)4)9-17-12-7-11(14)6-5-10(12)8-15/h5-7H,8-9,15H2,1-4H3. The van der Waals surface area contributed by atoms with Gasteiger partial charge in [0, 0.05) is 22.1 Å². The van der Waals surface area contributed by atoms with Crippen LogP contribution in [-0.4, -0.2) is 31.1 Å². The molecule has 0 saturated carbocycles. The van der Waals surface area contributed by atoms with Gasteiger partial charge in [-0.3, -0.25) is 0 Å². The molecule has 0 aliphatic carbocycles. The first-order valence-corrected chi connectivity index (χ1v) is 6.45. The molecule has 0 unspecified atom stereocenters. The fourth-order valence-electron chi connectivity index (χ4n) is 1.21. The summed E-state index contributed by atoms with van der Waals surface area (Å²) < 4.78 is 6.89. The number of rotatable bonds is 5. The zero-order chi connectivity index (χ0) is 13.1. The summed E-state index contributed by atoms with van der Waals surface area (Å²) >= 11 is 3.44. The monoisotopic (exact) mass is 300 g/mol. The van der Waals surface area contributed by atoms with Crippen LogP contribution in [-0.2, 0) is 6.54 Å². The van der Waals surface area contributed by atoms with Crippen molar-refractivity contribution in [1.29, 1.82) is 0 Å². The Morgan fingerprint density at radius 2 is 2.00 bits per heavy atom. The Morgan fingerprint density at radius 3 is 2.53 bits per heavy atom. The molecule has 0 heterocycles. The van der Waals surface area contributed by atoms with E-state index in [0.717, 1.165) is 15.8 Å². The zero-order valence-electron chi connectivity index (χ0n) is 11.0. The van der Waals surface area contributed by atoms with E-state index in [0.29, 0.717) is 13.2 Å². The number of benzene rings is 1. The fraction of sp³-hybridized carbons (Fsp3) is 0.538. The SMILES string of the molecule is CN(C)C(C)(C)COc1cc(Br)ccc1CN. The number of nitrogens with two attached hydrogens (primary N) is 1. The lowest BCUT2D eigenvalue weighted by Gasteiger charge is -2.32. The predicted octanol–water partition coefficient (Wildman–Crippen LogP) is 2.63. The smallest absolute Gasteiger partial charge is 0.124 e. The van der Waals surface area contributed by atoms with Crippen LogP contribution in [0.5, 0.6) is 5.75 Å². The number of likely N-dealkylation sites (N-methyl/N-ethyl adjacent to an activating group) is 1. The predicted molar refractivity (Wildman–Crippen MR) is 75.3 cm³/mol. The van der Waals surface area contributed by atoms with Crippen molar-refractivity contribution in [3.05, 3.63) is 28.2 Å². The maximum Gasteiger partial charge on any atom is 0.124 e. The topological polar surface area (TPSA) is 38.5 Å². The molecule has 0 aliphatic rings. The van der Waals surface area contributed by atoms with Gasteiger partial charge in [-0.15, -0.1) is 0 Å². The van der Waals surface area contributed by atoms with E-state index in [1.165, 1.54) is 0 Å². The van der Waals surface area contributed by atoms with Crippen molar-refractivity contribution in [3.63, 3.8) is 0 Å². The summed E-state index contributed by atoms with van der Waals surface area (Å²) in [5, 5.41) is 0. The van der Waals surface area contributed by atoms with Crippen molar-refractivity contribution in [2.45, 2.75) is 25.9 Å². The van der Waals surface area contributed by atoms with Crippen molar-refractivity contribution < 1.29 is 4.74 Å². The van der Waals surface area contributed by atoms with Gasteiger partial charge in [-0.1, -0.05) is 22.0 Å². The molecule has 17 heavy (non-hydrogen) atoms. The van der Waals surface area contributed by atoms with Crippen LogP contribution in [0.1, 0.15) is 19.4 Å². The van der Waals surface area contributed by atoms with Crippen molar-refractivity contribution in [2.24, 2.45) is 5.73 Å². The summed E-state index contributed by atoms with van der Waals surface area (Å²) in [5.74, 6) is 0.858. The summed E-state index contributed by atoms with van der Waals surface area (Å²) in [5.41, 5.74) is 6.72. The minimum atomic E-state index is -0.00577. The molecule has 96 valence electrons.